The highest BCUT2D eigenvalue weighted by Crippen LogP contribution is 2.18. The molecule has 1 heterocycles. The van der Waals surface area contributed by atoms with Crippen molar-refractivity contribution in [2.45, 2.75) is 39.2 Å². The van der Waals surface area contributed by atoms with E-state index < -0.39 is 12.8 Å². The molecule has 106 valence electrons. The fourth-order valence-corrected chi connectivity index (χ4v) is 1.96. The van der Waals surface area contributed by atoms with Gasteiger partial charge in [0.15, 0.2) is 0 Å². The van der Waals surface area contributed by atoms with Crippen LogP contribution < -0.4 is 5.32 Å². The van der Waals surface area contributed by atoms with E-state index in [0.29, 0.717) is 0 Å². The molecule has 0 aliphatic carbocycles. The molecule has 18 heavy (non-hydrogen) atoms. The molecule has 1 aliphatic heterocycles. The van der Waals surface area contributed by atoms with Crippen molar-refractivity contribution in [2.75, 3.05) is 19.8 Å². The minimum absolute atomic E-state index is 0.0932. The van der Waals surface area contributed by atoms with Crippen LogP contribution in [0.25, 0.3) is 0 Å². The molecule has 1 aliphatic rings. The molecule has 2 unspecified atom stereocenters. The summed E-state index contributed by atoms with van der Waals surface area (Å²) in [5.41, 5.74) is 0. The molecule has 0 aromatic carbocycles. The van der Waals surface area contributed by atoms with Gasteiger partial charge in [-0.25, -0.2) is 0 Å². The lowest BCUT2D eigenvalue weighted by Crippen LogP contribution is -2.43. The Morgan fingerprint density at radius 1 is 1.44 bits per heavy atom. The number of hydrogen-bond donors (Lipinski definition) is 1. The predicted octanol–water partition coefficient (Wildman–Crippen LogP) is 1.37. The van der Waals surface area contributed by atoms with E-state index in [9.17, 15) is 18.0 Å². The van der Waals surface area contributed by atoms with E-state index in [1.54, 1.807) is 11.8 Å². The fourth-order valence-electron chi connectivity index (χ4n) is 1.96. The van der Waals surface area contributed by atoms with Crippen LogP contribution in [-0.2, 0) is 9.53 Å². The summed E-state index contributed by atoms with van der Waals surface area (Å²) in [5, 5.41) is 3.11. The van der Waals surface area contributed by atoms with Crippen molar-refractivity contribution >= 4 is 5.91 Å². The van der Waals surface area contributed by atoms with Crippen LogP contribution in [0.1, 0.15) is 20.8 Å². The number of ether oxygens (including phenoxy) is 1. The molecule has 1 rings (SSSR count). The number of nitrogens with zero attached hydrogens (tertiary/aromatic N) is 1. The second-order valence-electron chi connectivity index (χ2n) is 4.78. The SMILES string of the molecule is CC1NC(C(C)C)N(CCOCC(F)(F)F)C1=O. The first-order valence-corrected chi connectivity index (χ1v) is 5.93. The maximum atomic E-state index is 11.9. The van der Waals surface area contributed by atoms with Gasteiger partial charge < -0.3 is 9.64 Å². The van der Waals surface area contributed by atoms with E-state index in [2.05, 4.69) is 10.1 Å². The van der Waals surface area contributed by atoms with Crippen molar-refractivity contribution in [3.63, 3.8) is 0 Å². The third-order valence-corrected chi connectivity index (χ3v) is 2.78. The normalized spacial score (nSPS) is 25.3. The largest absolute Gasteiger partial charge is 0.411 e. The maximum absolute atomic E-state index is 11.9. The van der Waals surface area contributed by atoms with E-state index in [0.717, 1.165) is 0 Å². The van der Waals surface area contributed by atoms with Crippen molar-refractivity contribution < 1.29 is 22.7 Å². The Balaban J connectivity index is 2.41. The zero-order chi connectivity index (χ0) is 13.9. The van der Waals surface area contributed by atoms with Crippen LogP contribution in [0.15, 0.2) is 0 Å². The number of carbonyl (C=O) groups is 1. The average Bonchev–Trinajstić information content (AvgIpc) is 2.50. The minimum Gasteiger partial charge on any atom is -0.370 e. The lowest BCUT2D eigenvalue weighted by molar-refractivity contribution is -0.175. The average molecular weight is 268 g/mol. The smallest absolute Gasteiger partial charge is 0.370 e. The summed E-state index contributed by atoms with van der Waals surface area (Å²) in [7, 11) is 0. The Morgan fingerprint density at radius 3 is 2.56 bits per heavy atom. The summed E-state index contributed by atoms with van der Waals surface area (Å²) in [5.74, 6) is 0.103. The molecule has 0 bridgehead atoms. The molecule has 0 spiro atoms. The van der Waals surface area contributed by atoms with Gasteiger partial charge in [0.05, 0.1) is 18.8 Å². The molecule has 1 amide bonds. The van der Waals surface area contributed by atoms with Crippen molar-refractivity contribution in [2.24, 2.45) is 5.92 Å². The number of carbonyl (C=O) groups excluding carboxylic acids is 1. The highest BCUT2D eigenvalue weighted by atomic mass is 19.4. The van der Waals surface area contributed by atoms with E-state index in [1.165, 1.54) is 0 Å². The van der Waals surface area contributed by atoms with Gasteiger partial charge in [0.25, 0.3) is 0 Å². The van der Waals surface area contributed by atoms with Gasteiger partial charge in [-0.2, -0.15) is 13.2 Å². The lowest BCUT2D eigenvalue weighted by atomic mass is 10.1. The standard InChI is InChI=1S/C11H19F3N2O2/c1-7(2)9-15-8(3)10(17)16(9)4-5-18-6-11(12,13)14/h7-9,15H,4-6H2,1-3H3. The number of alkyl halides is 3. The van der Waals surface area contributed by atoms with Gasteiger partial charge in [0.1, 0.15) is 6.61 Å². The van der Waals surface area contributed by atoms with Crippen molar-refractivity contribution in [3.8, 4) is 0 Å². The number of rotatable bonds is 5. The first-order chi connectivity index (χ1) is 8.22. The second-order valence-corrected chi connectivity index (χ2v) is 4.78. The zero-order valence-corrected chi connectivity index (χ0v) is 10.8. The first kappa shape index (κ1) is 15.2. The number of halogens is 3. The molecule has 0 aromatic rings. The molecule has 0 radical (unpaired) electrons. The first-order valence-electron chi connectivity index (χ1n) is 5.93. The summed E-state index contributed by atoms with van der Waals surface area (Å²) in [4.78, 5) is 13.3. The van der Waals surface area contributed by atoms with E-state index in [-0.39, 0.29) is 37.2 Å². The maximum Gasteiger partial charge on any atom is 0.411 e. The van der Waals surface area contributed by atoms with Crippen LogP contribution in [0.5, 0.6) is 0 Å². The molecule has 0 aromatic heterocycles. The molecule has 7 heteroatoms. The minimum atomic E-state index is -4.32. The zero-order valence-electron chi connectivity index (χ0n) is 10.8. The van der Waals surface area contributed by atoms with Crippen LogP contribution in [0, 0.1) is 5.92 Å². The highest BCUT2D eigenvalue weighted by molar-refractivity contribution is 5.83. The van der Waals surface area contributed by atoms with Gasteiger partial charge in [-0.3, -0.25) is 10.1 Å². The second kappa shape index (κ2) is 5.88. The van der Waals surface area contributed by atoms with E-state index >= 15 is 0 Å². The molecule has 2 atom stereocenters. The van der Waals surface area contributed by atoms with E-state index in [1.807, 2.05) is 13.8 Å². The summed E-state index contributed by atoms with van der Waals surface area (Å²) in [6.07, 6.45) is -4.46. The van der Waals surface area contributed by atoms with E-state index in [4.69, 9.17) is 0 Å². The number of hydrogen-bond acceptors (Lipinski definition) is 3. The third-order valence-electron chi connectivity index (χ3n) is 2.78. The highest BCUT2D eigenvalue weighted by Gasteiger charge is 2.37. The lowest BCUT2D eigenvalue weighted by Gasteiger charge is -2.27. The van der Waals surface area contributed by atoms with Crippen molar-refractivity contribution in [1.29, 1.82) is 0 Å². The van der Waals surface area contributed by atoms with Crippen molar-refractivity contribution in [3.05, 3.63) is 0 Å². The summed E-state index contributed by atoms with van der Waals surface area (Å²) < 4.78 is 40.2. The van der Waals surface area contributed by atoms with Gasteiger partial charge in [-0.05, 0) is 12.8 Å². The Kier molecular flexibility index (Phi) is 4.98. The summed E-state index contributed by atoms with van der Waals surface area (Å²) >= 11 is 0. The topological polar surface area (TPSA) is 41.6 Å². The van der Waals surface area contributed by atoms with Gasteiger partial charge in [-0.15, -0.1) is 0 Å². The Bertz CT molecular complexity index is 295. The van der Waals surface area contributed by atoms with Gasteiger partial charge in [-0.1, -0.05) is 13.8 Å². The number of nitrogens with one attached hydrogen (secondary N) is 1. The molecule has 4 nitrogen and oxygen atoms in total. The van der Waals surface area contributed by atoms with Gasteiger partial charge >= 0.3 is 6.18 Å². The van der Waals surface area contributed by atoms with Crippen molar-refractivity contribution in [1.82, 2.24) is 10.2 Å². The molecule has 1 saturated heterocycles. The van der Waals surface area contributed by atoms with Crippen LogP contribution in [0.4, 0.5) is 13.2 Å². The summed E-state index contributed by atoms with van der Waals surface area (Å²) in [6, 6.07) is -0.292. The molecular formula is C11H19F3N2O2. The van der Waals surface area contributed by atoms with Crippen LogP contribution >= 0.6 is 0 Å². The molecule has 0 saturated carbocycles. The monoisotopic (exact) mass is 268 g/mol. The van der Waals surface area contributed by atoms with Crippen LogP contribution in [0.2, 0.25) is 0 Å². The fraction of sp³-hybridized carbons (Fsp3) is 0.909. The number of amides is 1. The Hall–Kier alpha value is -0.820. The summed E-state index contributed by atoms with van der Waals surface area (Å²) in [6.45, 7) is 4.44. The Labute approximate surface area is 104 Å². The Morgan fingerprint density at radius 2 is 2.06 bits per heavy atom. The van der Waals surface area contributed by atoms with Crippen LogP contribution in [0.3, 0.4) is 0 Å². The molecule has 1 fully saturated rings. The molecule has 1 N–H and O–H groups in total. The third kappa shape index (κ3) is 4.13. The quantitative estimate of drug-likeness (QED) is 0.766. The van der Waals surface area contributed by atoms with Gasteiger partial charge in [0, 0.05) is 6.54 Å². The predicted molar refractivity (Wildman–Crippen MR) is 59.8 cm³/mol. The van der Waals surface area contributed by atoms with Crippen LogP contribution in [-0.4, -0.2) is 48.9 Å². The van der Waals surface area contributed by atoms with Gasteiger partial charge in [0.2, 0.25) is 5.91 Å². The molecular weight excluding hydrogens is 249 g/mol.